The van der Waals surface area contributed by atoms with Crippen molar-refractivity contribution in [2.75, 3.05) is 6.61 Å². The van der Waals surface area contributed by atoms with Crippen LogP contribution in [-0.4, -0.2) is 18.4 Å². The molecule has 0 spiro atoms. The highest BCUT2D eigenvalue weighted by atomic mass is 16.5. The Morgan fingerprint density at radius 1 is 1.11 bits per heavy atom. The number of ether oxygens (including phenoxy) is 1. The summed E-state index contributed by atoms with van der Waals surface area (Å²) in [5.41, 5.74) is -0.511. The highest BCUT2D eigenvalue weighted by molar-refractivity contribution is 6.01. The van der Waals surface area contributed by atoms with Crippen LogP contribution in [-0.2, 0) is 14.3 Å². The summed E-state index contributed by atoms with van der Waals surface area (Å²) in [6, 6.07) is 0. The van der Waals surface area contributed by atoms with Gasteiger partial charge in [0.15, 0.2) is 5.78 Å². The van der Waals surface area contributed by atoms with Gasteiger partial charge < -0.3 is 4.74 Å². The van der Waals surface area contributed by atoms with E-state index in [0.29, 0.717) is 12.5 Å². The second-order valence-corrected chi connectivity index (χ2v) is 6.45. The van der Waals surface area contributed by atoms with Gasteiger partial charge in [-0.05, 0) is 25.2 Å². The smallest absolute Gasteiger partial charge is 0.316 e. The monoisotopic (exact) mass is 256 g/mol. The van der Waals surface area contributed by atoms with E-state index in [1.165, 1.54) is 0 Å². The molecule has 0 N–H and O–H groups in total. The Kier molecular flexibility index (Phi) is 6.58. The van der Waals surface area contributed by atoms with Crippen molar-refractivity contribution in [3.8, 4) is 0 Å². The Balaban J connectivity index is 5.05. The number of hydrogen-bond donors (Lipinski definition) is 0. The molecule has 0 aliphatic rings. The highest BCUT2D eigenvalue weighted by Gasteiger charge is 2.39. The number of carbonyl (C=O) groups excluding carboxylic acids is 2. The van der Waals surface area contributed by atoms with Crippen molar-refractivity contribution in [2.24, 2.45) is 23.2 Å². The Labute approximate surface area is 111 Å². The minimum absolute atomic E-state index is 0.0194. The Hall–Kier alpha value is -0.860. The van der Waals surface area contributed by atoms with E-state index in [0.717, 1.165) is 6.42 Å². The third-order valence-corrected chi connectivity index (χ3v) is 2.97. The molecule has 3 nitrogen and oxygen atoms in total. The van der Waals surface area contributed by atoms with Crippen molar-refractivity contribution in [2.45, 2.75) is 54.9 Å². The first kappa shape index (κ1) is 17.1. The predicted molar refractivity (Wildman–Crippen MR) is 73.2 cm³/mol. The maximum absolute atomic E-state index is 12.4. The van der Waals surface area contributed by atoms with Crippen molar-refractivity contribution in [3.63, 3.8) is 0 Å². The number of hydrogen-bond acceptors (Lipinski definition) is 3. The summed E-state index contributed by atoms with van der Waals surface area (Å²) in [4.78, 5) is 24.4. The third-order valence-electron chi connectivity index (χ3n) is 2.97. The predicted octanol–water partition coefficient (Wildman–Crippen LogP) is 3.46. The fourth-order valence-electron chi connectivity index (χ4n) is 2.18. The highest BCUT2D eigenvalue weighted by Crippen LogP contribution is 2.29. The maximum Gasteiger partial charge on any atom is 0.316 e. The number of carbonyl (C=O) groups is 2. The fraction of sp³-hybridized carbons (Fsp3) is 0.867. The van der Waals surface area contributed by atoms with Gasteiger partial charge in [0, 0.05) is 5.41 Å². The normalized spacial score (nSPS) is 15.3. The number of Topliss-reactive ketones (excluding diaryl/α,β-unsaturated/α-hetero) is 1. The van der Waals surface area contributed by atoms with Crippen molar-refractivity contribution in [3.05, 3.63) is 0 Å². The van der Waals surface area contributed by atoms with Gasteiger partial charge in [-0.2, -0.15) is 0 Å². The van der Waals surface area contributed by atoms with Crippen LogP contribution in [0.1, 0.15) is 54.9 Å². The molecule has 0 heterocycles. The lowest BCUT2D eigenvalue weighted by atomic mass is 9.75. The summed E-state index contributed by atoms with van der Waals surface area (Å²) in [5, 5.41) is 0. The molecule has 0 saturated heterocycles. The lowest BCUT2D eigenvalue weighted by Crippen LogP contribution is -2.39. The van der Waals surface area contributed by atoms with Crippen LogP contribution in [0.15, 0.2) is 0 Å². The van der Waals surface area contributed by atoms with E-state index in [9.17, 15) is 9.59 Å². The van der Waals surface area contributed by atoms with E-state index in [4.69, 9.17) is 4.74 Å². The number of esters is 1. The van der Waals surface area contributed by atoms with Gasteiger partial charge in [0.05, 0.1) is 6.61 Å². The van der Waals surface area contributed by atoms with E-state index in [2.05, 4.69) is 13.8 Å². The van der Waals surface area contributed by atoms with Gasteiger partial charge >= 0.3 is 5.97 Å². The van der Waals surface area contributed by atoms with Gasteiger partial charge in [-0.25, -0.2) is 0 Å². The van der Waals surface area contributed by atoms with Crippen LogP contribution in [0.4, 0.5) is 0 Å². The molecule has 0 saturated carbocycles. The van der Waals surface area contributed by atoms with Crippen LogP contribution in [0.25, 0.3) is 0 Å². The lowest BCUT2D eigenvalue weighted by Gasteiger charge is -2.28. The molecule has 2 unspecified atom stereocenters. The second-order valence-electron chi connectivity index (χ2n) is 6.45. The molecule has 0 radical (unpaired) electrons. The van der Waals surface area contributed by atoms with Crippen LogP contribution in [0, 0.1) is 23.2 Å². The molecule has 0 aromatic rings. The van der Waals surface area contributed by atoms with Crippen LogP contribution >= 0.6 is 0 Å². The van der Waals surface area contributed by atoms with Crippen LogP contribution in [0.5, 0.6) is 0 Å². The lowest BCUT2D eigenvalue weighted by molar-refractivity contribution is -0.156. The second kappa shape index (κ2) is 6.91. The van der Waals surface area contributed by atoms with E-state index >= 15 is 0 Å². The van der Waals surface area contributed by atoms with Gasteiger partial charge in [-0.3, -0.25) is 9.59 Å². The van der Waals surface area contributed by atoms with Crippen LogP contribution in [0.3, 0.4) is 0 Å². The summed E-state index contributed by atoms with van der Waals surface area (Å²) in [7, 11) is 0. The van der Waals surface area contributed by atoms with Gasteiger partial charge in [-0.15, -0.1) is 0 Å². The Morgan fingerprint density at radius 3 is 1.94 bits per heavy atom. The molecular weight excluding hydrogens is 228 g/mol. The van der Waals surface area contributed by atoms with Gasteiger partial charge in [-0.1, -0.05) is 41.5 Å². The van der Waals surface area contributed by atoms with Crippen LogP contribution < -0.4 is 0 Å². The van der Waals surface area contributed by atoms with E-state index in [1.807, 2.05) is 27.7 Å². The average molecular weight is 256 g/mol. The SMILES string of the molecule is CCOC(=O)C(C(=O)C(C)(C)C)C(C)CC(C)C. The molecule has 0 aliphatic carbocycles. The van der Waals surface area contributed by atoms with Crippen molar-refractivity contribution in [1.82, 2.24) is 0 Å². The molecule has 0 bridgehead atoms. The quantitative estimate of drug-likeness (QED) is 0.540. The van der Waals surface area contributed by atoms with E-state index < -0.39 is 11.3 Å². The fourth-order valence-corrected chi connectivity index (χ4v) is 2.18. The van der Waals surface area contributed by atoms with Gasteiger partial charge in [0.25, 0.3) is 0 Å². The first-order valence-electron chi connectivity index (χ1n) is 6.82. The molecule has 106 valence electrons. The molecule has 0 aromatic carbocycles. The molecule has 18 heavy (non-hydrogen) atoms. The first-order chi connectivity index (χ1) is 8.11. The van der Waals surface area contributed by atoms with E-state index in [1.54, 1.807) is 6.92 Å². The molecule has 0 aliphatic heterocycles. The van der Waals surface area contributed by atoms with E-state index in [-0.39, 0.29) is 17.7 Å². The van der Waals surface area contributed by atoms with Crippen molar-refractivity contribution >= 4 is 11.8 Å². The zero-order chi connectivity index (χ0) is 14.5. The Morgan fingerprint density at radius 2 is 1.61 bits per heavy atom. The number of ketones is 1. The van der Waals surface area contributed by atoms with Crippen LogP contribution in [0.2, 0.25) is 0 Å². The van der Waals surface area contributed by atoms with Crippen molar-refractivity contribution in [1.29, 1.82) is 0 Å². The minimum Gasteiger partial charge on any atom is -0.465 e. The summed E-state index contributed by atoms with van der Waals surface area (Å²) in [5.74, 6) is -0.535. The first-order valence-corrected chi connectivity index (χ1v) is 6.82. The molecule has 0 amide bonds. The molecule has 3 heteroatoms. The Bertz CT molecular complexity index is 287. The molecule has 0 rings (SSSR count). The molecular formula is C15H28O3. The topological polar surface area (TPSA) is 43.4 Å². The summed E-state index contributed by atoms with van der Waals surface area (Å²) in [6.45, 7) is 13.8. The van der Waals surface area contributed by atoms with Gasteiger partial charge in [0.2, 0.25) is 0 Å². The zero-order valence-corrected chi connectivity index (χ0v) is 12.9. The average Bonchev–Trinajstić information content (AvgIpc) is 2.15. The molecule has 0 aromatic heterocycles. The van der Waals surface area contributed by atoms with Gasteiger partial charge in [0.1, 0.15) is 5.92 Å². The maximum atomic E-state index is 12.4. The zero-order valence-electron chi connectivity index (χ0n) is 12.9. The summed E-state index contributed by atoms with van der Waals surface area (Å²) in [6.07, 6.45) is 0.852. The largest absolute Gasteiger partial charge is 0.465 e. The minimum atomic E-state index is -0.632. The summed E-state index contributed by atoms with van der Waals surface area (Å²) >= 11 is 0. The third kappa shape index (κ3) is 5.19. The number of rotatable bonds is 6. The van der Waals surface area contributed by atoms with Crippen molar-refractivity contribution < 1.29 is 14.3 Å². The molecule has 0 fully saturated rings. The standard InChI is InChI=1S/C15H28O3/c1-8-18-14(17)12(11(4)9-10(2)3)13(16)15(5,6)7/h10-12H,8-9H2,1-7H3. The molecule has 2 atom stereocenters. The summed E-state index contributed by atoms with van der Waals surface area (Å²) < 4.78 is 5.06.